The lowest BCUT2D eigenvalue weighted by atomic mass is 9.96. The molecule has 0 aromatic carbocycles. The monoisotopic (exact) mass is 316 g/mol. The zero-order chi connectivity index (χ0) is 12.1. The number of nitrogens with one attached hydrogen (secondary N) is 2. The Morgan fingerprint density at radius 3 is 3.18 bits per heavy atom. The first-order valence-electron chi connectivity index (χ1n) is 5.98. The summed E-state index contributed by atoms with van der Waals surface area (Å²) in [6, 6.07) is 1.86. The number of carbonyl (C=O) groups excluding carboxylic acids is 1. The molecular formula is C12H17BrN2OS. The minimum atomic E-state index is 0.0377. The maximum atomic E-state index is 11.8. The summed E-state index contributed by atoms with van der Waals surface area (Å²) in [5.74, 6) is 0.758. The van der Waals surface area contributed by atoms with Crippen LogP contribution in [0.15, 0.2) is 15.2 Å². The Morgan fingerprint density at radius 1 is 1.65 bits per heavy atom. The third-order valence-corrected chi connectivity index (χ3v) is 4.57. The number of hydrogen-bond acceptors (Lipinski definition) is 3. The Hall–Kier alpha value is -0.390. The summed E-state index contributed by atoms with van der Waals surface area (Å²) in [7, 11) is 0. The van der Waals surface area contributed by atoms with E-state index in [0.717, 1.165) is 41.3 Å². The second-order valence-electron chi connectivity index (χ2n) is 4.40. The Labute approximate surface area is 114 Å². The molecule has 0 bridgehead atoms. The second-order valence-corrected chi connectivity index (χ2v) is 6.69. The van der Waals surface area contributed by atoms with Gasteiger partial charge in [0.25, 0.3) is 5.91 Å². The molecule has 1 saturated heterocycles. The molecular weight excluding hydrogens is 300 g/mol. The molecule has 2 N–H and O–H groups in total. The second kappa shape index (κ2) is 6.52. The lowest BCUT2D eigenvalue weighted by Crippen LogP contribution is -2.33. The van der Waals surface area contributed by atoms with Crippen molar-refractivity contribution in [2.75, 3.05) is 19.6 Å². The molecule has 3 nitrogen and oxygen atoms in total. The number of thiophene rings is 1. The Morgan fingerprint density at radius 2 is 2.53 bits per heavy atom. The zero-order valence-electron chi connectivity index (χ0n) is 9.67. The molecule has 1 fully saturated rings. The van der Waals surface area contributed by atoms with Crippen LogP contribution in [-0.4, -0.2) is 25.5 Å². The average Bonchev–Trinajstić information content (AvgIpc) is 2.77. The van der Waals surface area contributed by atoms with Crippen LogP contribution in [0.2, 0.25) is 0 Å². The first-order valence-corrected chi connectivity index (χ1v) is 7.66. The van der Waals surface area contributed by atoms with Gasteiger partial charge in [0.05, 0.1) is 9.35 Å². The topological polar surface area (TPSA) is 41.1 Å². The highest BCUT2D eigenvalue weighted by molar-refractivity contribution is 9.11. The first-order chi connectivity index (χ1) is 8.25. The summed E-state index contributed by atoms with van der Waals surface area (Å²) < 4.78 is 0.999. The van der Waals surface area contributed by atoms with E-state index in [9.17, 15) is 4.79 Å². The molecule has 1 aromatic heterocycles. The van der Waals surface area contributed by atoms with E-state index < -0.39 is 0 Å². The van der Waals surface area contributed by atoms with Crippen LogP contribution in [0.25, 0.3) is 0 Å². The molecule has 94 valence electrons. The molecule has 0 spiro atoms. The van der Waals surface area contributed by atoms with E-state index >= 15 is 0 Å². The van der Waals surface area contributed by atoms with Crippen LogP contribution in [0.1, 0.15) is 29.6 Å². The van der Waals surface area contributed by atoms with Crippen molar-refractivity contribution in [3.05, 3.63) is 20.8 Å². The molecule has 1 aliphatic heterocycles. The van der Waals surface area contributed by atoms with Crippen LogP contribution in [0.3, 0.4) is 0 Å². The smallest absolute Gasteiger partial charge is 0.252 e. The van der Waals surface area contributed by atoms with Crippen molar-refractivity contribution in [3.8, 4) is 0 Å². The quantitative estimate of drug-likeness (QED) is 0.896. The zero-order valence-corrected chi connectivity index (χ0v) is 12.1. The summed E-state index contributed by atoms with van der Waals surface area (Å²) in [6.45, 7) is 3.02. The highest BCUT2D eigenvalue weighted by Crippen LogP contribution is 2.20. The van der Waals surface area contributed by atoms with Gasteiger partial charge in [-0.25, -0.2) is 0 Å². The summed E-state index contributed by atoms with van der Waals surface area (Å²) in [4.78, 5) is 11.8. The maximum Gasteiger partial charge on any atom is 0.252 e. The van der Waals surface area contributed by atoms with E-state index in [-0.39, 0.29) is 5.91 Å². The normalized spacial score (nSPS) is 20.2. The molecule has 1 atom stereocenters. The Balaban J connectivity index is 1.69. The molecule has 5 heteroatoms. The van der Waals surface area contributed by atoms with Crippen molar-refractivity contribution < 1.29 is 4.79 Å². The van der Waals surface area contributed by atoms with Crippen molar-refractivity contribution in [2.45, 2.75) is 19.3 Å². The number of hydrogen-bond donors (Lipinski definition) is 2. The largest absolute Gasteiger partial charge is 0.352 e. The highest BCUT2D eigenvalue weighted by Gasteiger charge is 2.13. The molecule has 0 saturated carbocycles. The summed E-state index contributed by atoms with van der Waals surface area (Å²) >= 11 is 4.90. The predicted molar refractivity (Wildman–Crippen MR) is 74.6 cm³/mol. The number of piperidine rings is 1. The van der Waals surface area contributed by atoms with E-state index in [4.69, 9.17) is 0 Å². The third kappa shape index (κ3) is 4.08. The molecule has 1 amide bonds. The number of rotatable bonds is 4. The van der Waals surface area contributed by atoms with E-state index in [2.05, 4.69) is 26.6 Å². The fourth-order valence-corrected chi connectivity index (χ4v) is 3.23. The van der Waals surface area contributed by atoms with Gasteiger partial charge in [0.2, 0.25) is 0 Å². The Bertz CT molecular complexity index is 374. The maximum absolute atomic E-state index is 11.8. The predicted octanol–water partition coefficient (Wildman–Crippen LogP) is 2.63. The van der Waals surface area contributed by atoms with Gasteiger partial charge in [-0.05, 0) is 60.3 Å². The van der Waals surface area contributed by atoms with Crippen LogP contribution in [0.5, 0.6) is 0 Å². The molecule has 17 heavy (non-hydrogen) atoms. The van der Waals surface area contributed by atoms with Gasteiger partial charge < -0.3 is 10.6 Å². The molecule has 0 radical (unpaired) electrons. The van der Waals surface area contributed by atoms with Gasteiger partial charge >= 0.3 is 0 Å². The summed E-state index contributed by atoms with van der Waals surface area (Å²) in [6.07, 6.45) is 3.62. The van der Waals surface area contributed by atoms with Crippen LogP contribution < -0.4 is 10.6 Å². The van der Waals surface area contributed by atoms with Crippen molar-refractivity contribution in [2.24, 2.45) is 5.92 Å². The van der Waals surface area contributed by atoms with Crippen molar-refractivity contribution >= 4 is 33.2 Å². The molecule has 2 heterocycles. The van der Waals surface area contributed by atoms with Crippen LogP contribution in [-0.2, 0) is 0 Å². The van der Waals surface area contributed by atoms with Crippen molar-refractivity contribution in [1.82, 2.24) is 10.6 Å². The third-order valence-electron chi connectivity index (χ3n) is 3.07. The van der Waals surface area contributed by atoms with Gasteiger partial charge in [-0.15, -0.1) is 11.3 Å². The number of amides is 1. The fraction of sp³-hybridized carbons (Fsp3) is 0.583. The van der Waals surface area contributed by atoms with Gasteiger partial charge in [-0.2, -0.15) is 0 Å². The van der Waals surface area contributed by atoms with E-state index in [1.807, 2.05) is 11.4 Å². The van der Waals surface area contributed by atoms with E-state index in [1.165, 1.54) is 12.8 Å². The molecule has 1 aliphatic rings. The highest BCUT2D eigenvalue weighted by atomic mass is 79.9. The first kappa shape index (κ1) is 13.1. The molecule has 2 rings (SSSR count). The van der Waals surface area contributed by atoms with Gasteiger partial charge in [0, 0.05) is 11.9 Å². The SMILES string of the molecule is O=C(NCCC1CCCNC1)c1csc(Br)c1. The van der Waals surface area contributed by atoms with Gasteiger partial charge in [-0.1, -0.05) is 0 Å². The van der Waals surface area contributed by atoms with Gasteiger partial charge in [0.1, 0.15) is 0 Å². The van der Waals surface area contributed by atoms with E-state index in [1.54, 1.807) is 11.3 Å². The van der Waals surface area contributed by atoms with Gasteiger partial charge in [0.15, 0.2) is 0 Å². The van der Waals surface area contributed by atoms with Gasteiger partial charge in [-0.3, -0.25) is 4.79 Å². The average molecular weight is 317 g/mol. The van der Waals surface area contributed by atoms with Crippen molar-refractivity contribution in [1.29, 1.82) is 0 Å². The summed E-state index contributed by atoms with van der Waals surface area (Å²) in [5.41, 5.74) is 0.753. The van der Waals surface area contributed by atoms with Crippen LogP contribution >= 0.6 is 27.3 Å². The number of halogens is 1. The molecule has 1 aromatic rings. The summed E-state index contributed by atoms with van der Waals surface area (Å²) in [5, 5.41) is 8.25. The lowest BCUT2D eigenvalue weighted by molar-refractivity contribution is 0.0951. The fourth-order valence-electron chi connectivity index (χ4n) is 2.09. The standard InChI is InChI=1S/C12H17BrN2OS/c13-11-6-10(8-17-11)12(16)15-5-3-9-2-1-4-14-7-9/h6,8-9,14H,1-5,7H2,(H,15,16). The van der Waals surface area contributed by atoms with Crippen LogP contribution in [0.4, 0.5) is 0 Å². The molecule has 1 unspecified atom stereocenters. The van der Waals surface area contributed by atoms with E-state index in [0.29, 0.717) is 0 Å². The number of carbonyl (C=O) groups is 1. The lowest BCUT2D eigenvalue weighted by Gasteiger charge is -2.22. The molecule has 0 aliphatic carbocycles. The minimum Gasteiger partial charge on any atom is -0.352 e. The van der Waals surface area contributed by atoms with Crippen molar-refractivity contribution in [3.63, 3.8) is 0 Å². The Kier molecular flexibility index (Phi) is 5.00. The minimum absolute atomic E-state index is 0.0377. The van der Waals surface area contributed by atoms with Crippen LogP contribution in [0, 0.1) is 5.92 Å².